The van der Waals surface area contributed by atoms with Crippen LogP contribution in [0.3, 0.4) is 0 Å². The van der Waals surface area contributed by atoms with Crippen LogP contribution in [0.1, 0.15) is 28.4 Å². The largest absolute Gasteiger partial charge is 0.320 e. The first-order valence-electron chi connectivity index (χ1n) is 11.5. The van der Waals surface area contributed by atoms with Crippen molar-refractivity contribution < 1.29 is 14.0 Å². The van der Waals surface area contributed by atoms with Gasteiger partial charge in [0.15, 0.2) is 5.78 Å². The zero-order chi connectivity index (χ0) is 25.7. The monoisotopic (exact) mass is 483 g/mol. The van der Waals surface area contributed by atoms with Crippen molar-refractivity contribution in [2.24, 2.45) is 0 Å². The molecular weight excluding hydrogens is 457 g/mol. The van der Waals surface area contributed by atoms with Gasteiger partial charge in [0, 0.05) is 11.1 Å². The first-order valence-corrected chi connectivity index (χ1v) is 11.5. The van der Waals surface area contributed by atoms with Crippen molar-refractivity contribution in [3.05, 3.63) is 124 Å². The third-order valence-corrected chi connectivity index (χ3v) is 5.96. The van der Waals surface area contributed by atoms with E-state index in [0.29, 0.717) is 16.8 Å². The number of benzene rings is 3. The standard InChI is InChI=1S/C29H26FN3O3/c1-19(31-2)28(35)32-25-15-16-26(21-8-4-3-5-9-21)33(29(25)36)18-20-7-6-10-23(17-20)27(34)22-11-13-24(30)14-12-22/h3-17,19,31H,18H2,1-2H3,(H,32,35)/t19-/m0/s1. The number of carbonyl (C=O) groups excluding carboxylic acids is 2. The molecule has 2 N–H and O–H groups in total. The van der Waals surface area contributed by atoms with E-state index in [0.717, 1.165) is 11.1 Å². The molecule has 1 amide bonds. The van der Waals surface area contributed by atoms with E-state index in [-0.39, 0.29) is 29.5 Å². The molecule has 0 aliphatic rings. The van der Waals surface area contributed by atoms with Gasteiger partial charge in [-0.1, -0.05) is 48.5 Å². The van der Waals surface area contributed by atoms with Crippen molar-refractivity contribution >= 4 is 17.4 Å². The lowest BCUT2D eigenvalue weighted by atomic mass is 10.0. The number of aromatic nitrogens is 1. The van der Waals surface area contributed by atoms with Crippen LogP contribution in [-0.2, 0) is 11.3 Å². The number of carbonyl (C=O) groups is 2. The lowest BCUT2D eigenvalue weighted by Crippen LogP contribution is -2.37. The molecule has 4 aromatic rings. The summed E-state index contributed by atoms with van der Waals surface area (Å²) in [6.07, 6.45) is 0. The molecule has 0 saturated carbocycles. The molecule has 1 heterocycles. The summed E-state index contributed by atoms with van der Waals surface area (Å²) in [6.45, 7) is 1.88. The number of amides is 1. The summed E-state index contributed by atoms with van der Waals surface area (Å²) >= 11 is 0. The predicted octanol–water partition coefficient (Wildman–Crippen LogP) is 4.48. The second kappa shape index (κ2) is 10.9. The van der Waals surface area contributed by atoms with Gasteiger partial charge < -0.3 is 15.2 Å². The van der Waals surface area contributed by atoms with E-state index in [4.69, 9.17) is 0 Å². The first-order chi connectivity index (χ1) is 17.4. The Kier molecular flexibility index (Phi) is 7.51. The van der Waals surface area contributed by atoms with Crippen LogP contribution >= 0.6 is 0 Å². The number of anilines is 1. The van der Waals surface area contributed by atoms with Crippen LogP contribution in [0.15, 0.2) is 95.8 Å². The van der Waals surface area contributed by atoms with Crippen LogP contribution in [0.25, 0.3) is 11.3 Å². The molecule has 3 aromatic carbocycles. The topological polar surface area (TPSA) is 80.2 Å². The normalized spacial score (nSPS) is 11.6. The Morgan fingerprint density at radius 1 is 0.889 bits per heavy atom. The molecule has 0 unspecified atom stereocenters. The van der Waals surface area contributed by atoms with Gasteiger partial charge in [-0.05, 0) is 67.6 Å². The number of nitrogens with one attached hydrogen (secondary N) is 2. The van der Waals surface area contributed by atoms with E-state index >= 15 is 0 Å². The maximum Gasteiger partial charge on any atom is 0.275 e. The minimum atomic E-state index is -0.471. The Balaban J connectivity index is 1.73. The Labute approximate surface area is 208 Å². The molecule has 6 nitrogen and oxygen atoms in total. The van der Waals surface area contributed by atoms with Crippen LogP contribution < -0.4 is 16.2 Å². The average molecular weight is 484 g/mol. The van der Waals surface area contributed by atoms with Crippen molar-refractivity contribution in [1.29, 1.82) is 0 Å². The fourth-order valence-corrected chi connectivity index (χ4v) is 3.82. The minimum Gasteiger partial charge on any atom is -0.320 e. The van der Waals surface area contributed by atoms with Gasteiger partial charge in [0.1, 0.15) is 11.5 Å². The SMILES string of the molecule is CN[C@@H](C)C(=O)Nc1ccc(-c2ccccc2)n(Cc2cccc(C(=O)c3ccc(F)cc3)c2)c1=O. The zero-order valence-corrected chi connectivity index (χ0v) is 20.0. The molecule has 0 saturated heterocycles. The molecule has 0 aliphatic carbocycles. The van der Waals surface area contributed by atoms with Crippen molar-refractivity contribution in [3.8, 4) is 11.3 Å². The van der Waals surface area contributed by atoms with Gasteiger partial charge in [-0.2, -0.15) is 0 Å². The summed E-state index contributed by atoms with van der Waals surface area (Å²) < 4.78 is 14.9. The second-order valence-corrected chi connectivity index (χ2v) is 8.43. The van der Waals surface area contributed by atoms with Gasteiger partial charge in [0.2, 0.25) is 5.91 Å². The quantitative estimate of drug-likeness (QED) is 0.362. The van der Waals surface area contributed by atoms with Crippen LogP contribution in [-0.4, -0.2) is 29.3 Å². The lowest BCUT2D eigenvalue weighted by molar-refractivity contribution is -0.117. The number of hydrogen-bond acceptors (Lipinski definition) is 4. The highest BCUT2D eigenvalue weighted by molar-refractivity contribution is 6.09. The van der Waals surface area contributed by atoms with Gasteiger partial charge in [-0.3, -0.25) is 14.4 Å². The van der Waals surface area contributed by atoms with E-state index in [1.165, 1.54) is 24.3 Å². The molecule has 36 heavy (non-hydrogen) atoms. The fraction of sp³-hybridized carbons (Fsp3) is 0.138. The number of pyridine rings is 1. The minimum absolute atomic E-state index is 0.167. The number of rotatable bonds is 8. The van der Waals surface area contributed by atoms with E-state index in [9.17, 15) is 18.8 Å². The molecule has 7 heteroatoms. The molecular formula is C29H26FN3O3. The Bertz CT molecular complexity index is 1450. The molecule has 1 aromatic heterocycles. The van der Waals surface area contributed by atoms with Crippen LogP contribution in [0, 0.1) is 5.82 Å². The molecule has 1 atom stereocenters. The summed E-state index contributed by atoms with van der Waals surface area (Å²) in [4.78, 5) is 38.9. The molecule has 0 spiro atoms. The highest BCUT2D eigenvalue weighted by Gasteiger charge is 2.17. The predicted molar refractivity (Wildman–Crippen MR) is 139 cm³/mol. The van der Waals surface area contributed by atoms with Crippen LogP contribution in [0.2, 0.25) is 0 Å². The van der Waals surface area contributed by atoms with E-state index < -0.39 is 11.9 Å². The summed E-state index contributed by atoms with van der Waals surface area (Å²) in [5.74, 6) is -0.973. The zero-order valence-electron chi connectivity index (χ0n) is 20.0. The number of ketones is 1. The number of halogens is 1. The highest BCUT2D eigenvalue weighted by atomic mass is 19.1. The van der Waals surface area contributed by atoms with Gasteiger partial charge in [0.05, 0.1) is 18.3 Å². The third-order valence-electron chi connectivity index (χ3n) is 5.96. The Morgan fingerprint density at radius 2 is 1.61 bits per heavy atom. The number of likely N-dealkylation sites (N-methyl/N-ethyl adjacent to an activating group) is 1. The molecule has 4 rings (SSSR count). The smallest absolute Gasteiger partial charge is 0.275 e. The Morgan fingerprint density at radius 3 is 2.31 bits per heavy atom. The summed E-state index contributed by atoms with van der Waals surface area (Å²) in [5.41, 5.74) is 2.86. The van der Waals surface area contributed by atoms with E-state index in [1.807, 2.05) is 36.4 Å². The second-order valence-electron chi connectivity index (χ2n) is 8.43. The number of nitrogens with zero attached hydrogens (tertiary/aromatic N) is 1. The molecule has 0 radical (unpaired) electrons. The van der Waals surface area contributed by atoms with Crippen LogP contribution in [0.5, 0.6) is 0 Å². The van der Waals surface area contributed by atoms with Gasteiger partial charge >= 0.3 is 0 Å². The third kappa shape index (κ3) is 5.47. The van der Waals surface area contributed by atoms with E-state index in [1.54, 1.807) is 48.9 Å². The van der Waals surface area contributed by atoms with Crippen molar-refractivity contribution in [2.75, 3.05) is 12.4 Å². The fourth-order valence-electron chi connectivity index (χ4n) is 3.82. The van der Waals surface area contributed by atoms with Gasteiger partial charge in [0.25, 0.3) is 5.56 Å². The maximum absolute atomic E-state index is 13.5. The maximum atomic E-state index is 13.5. The molecule has 0 bridgehead atoms. The van der Waals surface area contributed by atoms with Crippen molar-refractivity contribution in [2.45, 2.75) is 19.5 Å². The van der Waals surface area contributed by atoms with Gasteiger partial charge in [-0.25, -0.2) is 4.39 Å². The van der Waals surface area contributed by atoms with E-state index in [2.05, 4.69) is 10.6 Å². The van der Waals surface area contributed by atoms with Crippen molar-refractivity contribution in [1.82, 2.24) is 9.88 Å². The Hall–Kier alpha value is -4.36. The molecule has 0 aliphatic heterocycles. The van der Waals surface area contributed by atoms with Crippen molar-refractivity contribution in [3.63, 3.8) is 0 Å². The summed E-state index contributed by atoms with van der Waals surface area (Å²) in [6, 6.07) is 24.8. The molecule has 0 fully saturated rings. The summed E-state index contributed by atoms with van der Waals surface area (Å²) in [7, 11) is 1.67. The lowest BCUT2D eigenvalue weighted by Gasteiger charge is -2.17. The van der Waals surface area contributed by atoms with Gasteiger partial charge in [-0.15, -0.1) is 0 Å². The number of hydrogen-bond donors (Lipinski definition) is 2. The summed E-state index contributed by atoms with van der Waals surface area (Å²) in [5, 5.41) is 5.56. The highest BCUT2D eigenvalue weighted by Crippen LogP contribution is 2.21. The average Bonchev–Trinajstić information content (AvgIpc) is 2.91. The van der Waals surface area contributed by atoms with Crippen LogP contribution in [0.4, 0.5) is 10.1 Å². The molecule has 182 valence electrons. The first kappa shape index (κ1) is 24.8.